The molecule has 2 aliphatic heterocycles. The number of hydrogen-bond acceptors (Lipinski definition) is 3. The SMILES string of the molecule is Cc1cccc(CN2CCC[C@]3(CCN(Cc4cnc(C)n4C)C3)C2=O)c1. The highest BCUT2D eigenvalue weighted by Crippen LogP contribution is 2.41. The van der Waals surface area contributed by atoms with Crippen molar-refractivity contribution in [2.24, 2.45) is 12.5 Å². The Kier molecular flexibility index (Phi) is 4.81. The van der Waals surface area contributed by atoms with Crippen LogP contribution < -0.4 is 0 Å². The van der Waals surface area contributed by atoms with E-state index < -0.39 is 0 Å². The van der Waals surface area contributed by atoms with Gasteiger partial charge in [-0.25, -0.2) is 4.98 Å². The van der Waals surface area contributed by atoms with E-state index in [1.807, 2.05) is 13.1 Å². The number of aromatic nitrogens is 2. The topological polar surface area (TPSA) is 41.4 Å². The molecule has 0 unspecified atom stereocenters. The first kappa shape index (κ1) is 18.2. The fourth-order valence-electron chi connectivity index (χ4n) is 4.73. The maximum Gasteiger partial charge on any atom is 0.230 e. The average Bonchev–Trinajstić information content (AvgIpc) is 3.19. The number of imidazole rings is 1. The molecule has 0 aliphatic carbocycles. The van der Waals surface area contributed by atoms with Gasteiger partial charge >= 0.3 is 0 Å². The Bertz CT molecular complexity index is 843. The lowest BCUT2D eigenvalue weighted by atomic mass is 9.78. The number of hydrogen-bond donors (Lipinski definition) is 0. The lowest BCUT2D eigenvalue weighted by Crippen LogP contribution is -2.49. The van der Waals surface area contributed by atoms with Gasteiger partial charge in [-0.05, 0) is 45.2 Å². The molecule has 0 radical (unpaired) electrons. The molecule has 1 aromatic heterocycles. The maximum absolute atomic E-state index is 13.4. The first-order valence-corrected chi connectivity index (χ1v) is 10.0. The molecule has 2 saturated heterocycles. The Morgan fingerprint density at radius 2 is 2.00 bits per heavy atom. The van der Waals surface area contributed by atoms with Crippen LogP contribution in [-0.2, 0) is 24.9 Å². The normalized spacial score (nSPS) is 23.5. The van der Waals surface area contributed by atoms with Crippen LogP contribution in [0.3, 0.4) is 0 Å². The molecular weight excluding hydrogens is 336 g/mol. The van der Waals surface area contributed by atoms with Gasteiger partial charge in [0.05, 0.1) is 11.1 Å². The molecule has 4 rings (SSSR count). The van der Waals surface area contributed by atoms with E-state index >= 15 is 0 Å². The second kappa shape index (κ2) is 7.12. The smallest absolute Gasteiger partial charge is 0.230 e. The van der Waals surface area contributed by atoms with Crippen LogP contribution in [0.15, 0.2) is 30.5 Å². The van der Waals surface area contributed by atoms with Crippen LogP contribution in [0.2, 0.25) is 0 Å². The van der Waals surface area contributed by atoms with Gasteiger partial charge in [-0.3, -0.25) is 9.69 Å². The summed E-state index contributed by atoms with van der Waals surface area (Å²) in [7, 11) is 2.07. The molecule has 1 aromatic carbocycles. The third-order valence-electron chi connectivity index (χ3n) is 6.42. The van der Waals surface area contributed by atoms with Gasteiger partial charge in [-0.1, -0.05) is 29.8 Å². The summed E-state index contributed by atoms with van der Waals surface area (Å²) in [5, 5.41) is 0. The molecule has 2 aliphatic rings. The largest absolute Gasteiger partial charge is 0.338 e. The molecule has 0 N–H and O–H groups in total. The predicted molar refractivity (Wildman–Crippen MR) is 106 cm³/mol. The zero-order chi connectivity index (χ0) is 19.0. The highest BCUT2D eigenvalue weighted by molar-refractivity contribution is 5.84. The summed E-state index contributed by atoms with van der Waals surface area (Å²) in [5.74, 6) is 1.40. The van der Waals surface area contributed by atoms with E-state index in [2.05, 4.69) is 57.6 Å². The van der Waals surface area contributed by atoms with E-state index in [9.17, 15) is 4.79 Å². The van der Waals surface area contributed by atoms with E-state index in [-0.39, 0.29) is 5.41 Å². The van der Waals surface area contributed by atoms with Gasteiger partial charge in [0.1, 0.15) is 5.82 Å². The van der Waals surface area contributed by atoms with Crippen molar-refractivity contribution < 1.29 is 4.79 Å². The predicted octanol–water partition coefficient (Wildman–Crippen LogP) is 3.05. The molecule has 0 saturated carbocycles. The molecule has 5 nitrogen and oxygen atoms in total. The van der Waals surface area contributed by atoms with Gasteiger partial charge in [-0.2, -0.15) is 0 Å². The minimum absolute atomic E-state index is 0.185. The lowest BCUT2D eigenvalue weighted by Gasteiger charge is -2.39. The van der Waals surface area contributed by atoms with Gasteiger partial charge in [0.25, 0.3) is 0 Å². The van der Waals surface area contributed by atoms with Crippen molar-refractivity contribution in [1.29, 1.82) is 0 Å². The summed E-state index contributed by atoms with van der Waals surface area (Å²) < 4.78 is 2.15. The summed E-state index contributed by atoms with van der Waals surface area (Å²) in [4.78, 5) is 22.3. The number of nitrogens with zero attached hydrogens (tertiary/aromatic N) is 4. The zero-order valence-electron chi connectivity index (χ0n) is 16.7. The number of rotatable bonds is 4. The molecule has 144 valence electrons. The summed E-state index contributed by atoms with van der Waals surface area (Å²) in [5.41, 5.74) is 3.53. The monoisotopic (exact) mass is 366 g/mol. The molecule has 0 bridgehead atoms. The average molecular weight is 367 g/mol. The van der Waals surface area contributed by atoms with E-state index in [1.54, 1.807) is 0 Å². The maximum atomic E-state index is 13.4. The molecule has 2 fully saturated rings. The van der Waals surface area contributed by atoms with Gasteiger partial charge in [-0.15, -0.1) is 0 Å². The van der Waals surface area contributed by atoms with Crippen molar-refractivity contribution in [1.82, 2.24) is 19.4 Å². The minimum Gasteiger partial charge on any atom is -0.338 e. The molecular formula is C22H30N4O. The number of amides is 1. The van der Waals surface area contributed by atoms with Gasteiger partial charge in [0.2, 0.25) is 5.91 Å². The van der Waals surface area contributed by atoms with Crippen LogP contribution in [0.25, 0.3) is 0 Å². The highest BCUT2D eigenvalue weighted by Gasteiger charge is 2.48. The van der Waals surface area contributed by atoms with Crippen molar-refractivity contribution in [2.75, 3.05) is 19.6 Å². The number of piperidine rings is 1. The quantitative estimate of drug-likeness (QED) is 0.835. The fraction of sp³-hybridized carbons (Fsp3) is 0.545. The van der Waals surface area contributed by atoms with Crippen molar-refractivity contribution in [3.8, 4) is 0 Å². The molecule has 1 amide bonds. The van der Waals surface area contributed by atoms with Crippen LogP contribution in [0.4, 0.5) is 0 Å². The fourth-order valence-corrected chi connectivity index (χ4v) is 4.73. The summed E-state index contributed by atoms with van der Waals surface area (Å²) in [6, 6.07) is 8.52. The van der Waals surface area contributed by atoms with E-state index in [0.29, 0.717) is 5.91 Å². The van der Waals surface area contributed by atoms with Crippen LogP contribution in [0.5, 0.6) is 0 Å². The van der Waals surface area contributed by atoms with Gasteiger partial charge in [0, 0.05) is 39.4 Å². The molecule has 3 heterocycles. The van der Waals surface area contributed by atoms with Crippen LogP contribution in [-0.4, -0.2) is 44.9 Å². The lowest BCUT2D eigenvalue weighted by molar-refractivity contribution is -0.146. The highest BCUT2D eigenvalue weighted by atomic mass is 16.2. The number of likely N-dealkylation sites (tertiary alicyclic amines) is 2. The molecule has 1 atom stereocenters. The first-order valence-electron chi connectivity index (χ1n) is 10.0. The third kappa shape index (κ3) is 3.53. The molecule has 27 heavy (non-hydrogen) atoms. The first-order chi connectivity index (χ1) is 13.0. The van der Waals surface area contributed by atoms with E-state index in [0.717, 1.165) is 57.8 Å². The number of carbonyl (C=O) groups is 1. The minimum atomic E-state index is -0.185. The molecule has 2 aromatic rings. The van der Waals surface area contributed by atoms with Crippen molar-refractivity contribution in [3.05, 3.63) is 53.1 Å². The van der Waals surface area contributed by atoms with Crippen LogP contribution in [0.1, 0.15) is 41.9 Å². The van der Waals surface area contributed by atoms with Crippen LogP contribution >= 0.6 is 0 Å². The second-order valence-corrected chi connectivity index (χ2v) is 8.42. The summed E-state index contributed by atoms with van der Waals surface area (Å²) in [6.45, 7) is 8.51. The van der Waals surface area contributed by atoms with Gasteiger partial charge in [0.15, 0.2) is 0 Å². The van der Waals surface area contributed by atoms with Crippen molar-refractivity contribution in [2.45, 2.75) is 46.2 Å². The third-order valence-corrected chi connectivity index (χ3v) is 6.42. The van der Waals surface area contributed by atoms with Crippen molar-refractivity contribution in [3.63, 3.8) is 0 Å². The van der Waals surface area contributed by atoms with Crippen molar-refractivity contribution >= 4 is 5.91 Å². The standard InChI is InChI=1S/C22H30N4O/c1-17-6-4-7-19(12-17)14-26-10-5-8-22(21(26)27)9-11-25(16-22)15-20-13-23-18(2)24(20)3/h4,6-7,12-13H,5,8-11,14-16H2,1-3H3/t22-/m1/s1. The Balaban J connectivity index is 1.45. The molecule has 1 spiro atoms. The number of aryl methyl sites for hydroxylation is 2. The van der Waals surface area contributed by atoms with E-state index in [1.165, 1.54) is 16.8 Å². The Labute approximate surface area is 162 Å². The van der Waals surface area contributed by atoms with Gasteiger partial charge < -0.3 is 9.47 Å². The number of carbonyl (C=O) groups excluding carboxylic acids is 1. The zero-order valence-corrected chi connectivity index (χ0v) is 16.7. The Morgan fingerprint density at radius 3 is 2.74 bits per heavy atom. The second-order valence-electron chi connectivity index (χ2n) is 8.42. The van der Waals surface area contributed by atoms with Crippen LogP contribution in [0, 0.1) is 19.3 Å². The van der Waals surface area contributed by atoms with E-state index in [4.69, 9.17) is 0 Å². The number of benzene rings is 1. The Hall–Kier alpha value is -2.14. The Morgan fingerprint density at radius 1 is 1.15 bits per heavy atom. The molecule has 5 heteroatoms. The summed E-state index contributed by atoms with van der Waals surface area (Å²) >= 11 is 0. The summed E-state index contributed by atoms with van der Waals surface area (Å²) in [6.07, 6.45) is 5.08.